The van der Waals surface area contributed by atoms with Crippen molar-refractivity contribution >= 4 is 40.5 Å². The number of nitro benzene ring substituents is 1. The number of para-hydroxylation sites is 1. The van der Waals surface area contributed by atoms with Gasteiger partial charge in [0.2, 0.25) is 5.91 Å². The van der Waals surface area contributed by atoms with Crippen molar-refractivity contribution in [2.75, 3.05) is 18.4 Å². The average molecular weight is 396 g/mol. The number of carbonyl (C=O) groups excluding carboxylic acids is 1. The van der Waals surface area contributed by atoms with E-state index in [9.17, 15) is 14.9 Å². The molecule has 0 radical (unpaired) electrons. The smallest absolute Gasteiger partial charge is 0.272 e. The molecule has 0 saturated carbocycles. The van der Waals surface area contributed by atoms with Crippen LogP contribution in [-0.2, 0) is 11.3 Å². The highest BCUT2D eigenvalue weighted by molar-refractivity contribution is 6.39. The topological polar surface area (TPSA) is 75.5 Å². The van der Waals surface area contributed by atoms with Gasteiger partial charge in [-0.05, 0) is 31.2 Å². The minimum absolute atomic E-state index is 0.0749. The second-order valence-electron chi connectivity index (χ2n) is 5.77. The number of carbonyl (C=O) groups is 1. The van der Waals surface area contributed by atoms with Crippen molar-refractivity contribution < 1.29 is 9.72 Å². The van der Waals surface area contributed by atoms with Gasteiger partial charge in [-0.15, -0.1) is 0 Å². The number of hydrogen-bond donors (Lipinski definition) is 1. The summed E-state index contributed by atoms with van der Waals surface area (Å²) in [5.74, 6) is -0.259. The zero-order valence-electron chi connectivity index (χ0n) is 14.5. The molecule has 1 amide bonds. The number of benzene rings is 2. The fourth-order valence-corrected chi connectivity index (χ4v) is 3.05. The van der Waals surface area contributed by atoms with Crippen LogP contribution in [0.4, 0.5) is 11.4 Å². The number of rotatable bonds is 7. The van der Waals surface area contributed by atoms with Gasteiger partial charge in [0.25, 0.3) is 5.69 Å². The number of hydrogen-bond acceptors (Lipinski definition) is 4. The molecule has 0 unspecified atom stereocenters. The fraction of sp³-hybridized carbons (Fsp3) is 0.278. The summed E-state index contributed by atoms with van der Waals surface area (Å²) in [7, 11) is 0. The molecule has 0 aromatic heterocycles. The van der Waals surface area contributed by atoms with E-state index in [0.29, 0.717) is 34.4 Å². The molecule has 2 aromatic carbocycles. The highest BCUT2D eigenvalue weighted by atomic mass is 35.5. The van der Waals surface area contributed by atoms with Crippen LogP contribution in [0.5, 0.6) is 0 Å². The van der Waals surface area contributed by atoms with Crippen LogP contribution in [0.25, 0.3) is 0 Å². The number of nitrogens with zero attached hydrogens (tertiary/aromatic N) is 2. The second-order valence-corrected chi connectivity index (χ2v) is 6.58. The quantitative estimate of drug-likeness (QED) is 0.545. The largest absolute Gasteiger partial charge is 0.322 e. The molecular formula is C18H19Cl2N3O3. The van der Waals surface area contributed by atoms with Crippen LogP contribution < -0.4 is 5.32 Å². The summed E-state index contributed by atoms with van der Waals surface area (Å²) in [4.78, 5) is 24.9. The Morgan fingerprint density at radius 2 is 1.81 bits per heavy atom. The molecular weight excluding hydrogens is 377 g/mol. The lowest BCUT2D eigenvalue weighted by Gasteiger charge is -2.21. The van der Waals surface area contributed by atoms with Crippen molar-refractivity contribution in [3.8, 4) is 0 Å². The van der Waals surface area contributed by atoms with E-state index in [4.69, 9.17) is 23.2 Å². The molecule has 2 rings (SSSR count). The minimum Gasteiger partial charge on any atom is -0.322 e. The van der Waals surface area contributed by atoms with E-state index >= 15 is 0 Å². The van der Waals surface area contributed by atoms with Gasteiger partial charge in [-0.3, -0.25) is 19.8 Å². The summed E-state index contributed by atoms with van der Waals surface area (Å²) in [5.41, 5.74) is 1.87. The molecule has 0 fully saturated rings. The van der Waals surface area contributed by atoms with Crippen LogP contribution in [0.2, 0.25) is 10.0 Å². The lowest BCUT2D eigenvalue weighted by molar-refractivity contribution is -0.385. The summed E-state index contributed by atoms with van der Waals surface area (Å²) in [6.45, 7) is 4.77. The first kappa shape index (κ1) is 20.2. The van der Waals surface area contributed by atoms with Gasteiger partial charge in [-0.1, -0.05) is 48.3 Å². The summed E-state index contributed by atoms with van der Waals surface area (Å²) < 4.78 is 0. The Kier molecular flexibility index (Phi) is 6.97. The van der Waals surface area contributed by atoms with Crippen LogP contribution in [0.3, 0.4) is 0 Å². The molecule has 0 saturated heterocycles. The maximum atomic E-state index is 12.4. The Bertz CT molecular complexity index is 807. The molecule has 0 heterocycles. The number of likely N-dealkylation sites (N-methyl/N-ethyl adjacent to an activating group) is 1. The number of anilines is 1. The van der Waals surface area contributed by atoms with Gasteiger partial charge in [0.05, 0.1) is 27.2 Å². The van der Waals surface area contributed by atoms with Gasteiger partial charge in [0.1, 0.15) is 0 Å². The van der Waals surface area contributed by atoms with E-state index in [0.717, 1.165) is 5.56 Å². The van der Waals surface area contributed by atoms with Gasteiger partial charge in [0, 0.05) is 18.2 Å². The predicted molar refractivity (Wildman–Crippen MR) is 104 cm³/mol. The molecule has 1 N–H and O–H groups in total. The SMILES string of the molecule is CCN(CC(=O)Nc1c(Cl)cccc1Cl)Cc1cccc([N+](=O)[O-])c1C. The lowest BCUT2D eigenvalue weighted by atomic mass is 10.1. The van der Waals surface area contributed by atoms with Crippen LogP contribution in [0, 0.1) is 17.0 Å². The third kappa shape index (κ3) is 4.94. The standard InChI is InChI=1S/C18H19Cl2N3O3/c1-3-22(10-13-6-4-9-16(12(13)2)23(25)26)11-17(24)21-18-14(19)7-5-8-15(18)20/h4-9H,3,10-11H2,1-2H3,(H,21,24). The Balaban J connectivity index is 2.09. The summed E-state index contributed by atoms with van der Waals surface area (Å²) in [5, 5.41) is 14.5. The predicted octanol–water partition coefficient (Wildman–Crippen LogP) is 4.67. The van der Waals surface area contributed by atoms with Gasteiger partial charge in [0.15, 0.2) is 0 Å². The molecule has 2 aromatic rings. The number of nitro groups is 1. The van der Waals surface area contributed by atoms with Gasteiger partial charge in [-0.25, -0.2) is 0 Å². The highest BCUT2D eigenvalue weighted by Crippen LogP contribution is 2.29. The van der Waals surface area contributed by atoms with Crippen LogP contribution in [0.1, 0.15) is 18.1 Å². The monoisotopic (exact) mass is 395 g/mol. The van der Waals surface area contributed by atoms with E-state index in [2.05, 4.69) is 5.32 Å². The summed E-state index contributed by atoms with van der Waals surface area (Å²) in [6, 6.07) is 9.94. The van der Waals surface area contributed by atoms with Crippen molar-refractivity contribution in [3.63, 3.8) is 0 Å². The Morgan fingerprint density at radius 3 is 2.38 bits per heavy atom. The zero-order valence-corrected chi connectivity index (χ0v) is 16.0. The van der Waals surface area contributed by atoms with Crippen molar-refractivity contribution in [1.82, 2.24) is 4.90 Å². The summed E-state index contributed by atoms with van der Waals surface area (Å²) in [6.07, 6.45) is 0. The average Bonchev–Trinajstić information content (AvgIpc) is 2.59. The fourth-order valence-electron chi connectivity index (χ4n) is 2.56. The maximum Gasteiger partial charge on any atom is 0.272 e. The molecule has 138 valence electrons. The molecule has 8 heteroatoms. The van der Waals surface area contributed by atoms with Crippen LogP contribution in [-0.4, -0.2) is 28.8 Å². The molecule has 0 atom stereocenters. The maximum absolute atomic E-state index is 12.4. The lowest BCUT2D eigenvalue weighted by Crippen LogP contribution is -2.33. The van der Waals surface area contributed by atoms with Crippen LogP contribution >= 0.6 is 23.2 Å². The molecule has 6 nitrogen and oxygen atoms in total. The molecule has 0 aliphatic rings. The Labute approximate surface area is 161 Å². The minimum atomic E-state index is -0.402. The van der Waals surface area contributed by atoms with Crippen molar-refractivity contribution in [2.45, 2.75) is 20.4 Å². The van der Waals surface area contributed by atoms with Crippen molar-refractivity contribution in [1.29, 1.82) is 0 Å². The Morgan fingerprint density at radius 1 is 1.19 bits per heavy atom. The molecule has 0 aliphatic carbocycles. The van der Waals surface area contributed by atoms with E-state index in [1.54, 1.807) is 31.2 Å². The third-order valence-electron chi connectivity index (χ3n) is 4.05. The second kappa shape index (κ2) is 8.98. The molecule has 0 bridgehead atoms. The summed E-state index contributed by atoms with van der Waals surface area (Å²) >= 11 is 12.1. The number of nitrogens with one attached hydrogen (secondary N) is 1. The van der Waals surface area contributed by atoms with E-state index in [1.807, 2.05) is 17.9 Å². The first-order chi connectivity index (χ1) is 12.3. The van der Waals surface area contributed by atoms with Crippen molar-refractivity contribution in [2.24, 2.45) is 0 Å². The normalized spacial score (nSPS) is 10.8. The van der Waals surface area contributed by atoms with Crippen molar-refractivity contribution in [3.05, 3.63) is 67.7 Å². The van der Waals surface area contributed by atoms with E-state index in [-0.39, 0.29) is 18.1 Å². The van der Waals surface area contributed by atoms with Gasteiger partial charge in [-0.2, -0.15) is 0 Å². The highest BCUT2D eigenvalue weighted by Gasteiger charge is 2.17. The van der Waals surface area contributed by atoms with E-state index < -0.39 is 4.92 Å². The zero-order chi connectivity index (χ0) is 19.3. The van der Waals surface area contributed by atoms with E-state index in [1.165, 1.54) is 6.07 Å². The first-order valence-corrected chi connectivity index (χ1v) is 8.78. The number of amides is 1. The van der Waals surface area contributed by atoms with Crippen LogP contribution in [0.15, 0.2) is 36.4 Å². The molecule has 26 heavy (non-hydrogen) atoms. The first-order valence-electron chi connectivity index (χ1n) is 8.02. The molecule has 0 spiro atoms. The third-order valence-corrected chi connectivity index (χ3v) is 4.68. The van der Waals surface area contributed by atoms with Gasteiger partial charge < -0.3 is 5.32 Å². The number of halogens is 2. The molecule has 0 aliphatic heterocycles. The van der Waals surface area contributed by atoms with Gasteiger partial charge >= 0.3 is 0 Å². The Hall–Kier alpha value is -2.15.